The van der Waals surface area contributed by atoms with Crippen LogP contribution in [0.3, 0.4) is 0 Å². The Morgan fingerprint density at radius 2 is 1.73 bits per heavy atom. The maximum atomic E-state index is 13.0. The number of rotatable bonds is 7. The quantitative estimate of drug-likeness (QED) is 0.346. The van der Waals surface area contributed by atoms with Gasteiger partial charge in [-0.1, -0.05) is 11.8 Å². The van der Waals surface area contributed by atoms with Crippen LogP contribution >= 0.6 is 11.8 Å². The molecule has 0 unspecified atom stereocenters. The SMILES string of the molecule is O=C(CSc1nc(=O)n(CCCO)c2c1CCC2)Nc1cc(C(F)(F)F)cc(C(F)(F)F)c1. The zero-order chi connectivity index (χ0) is 24.4. The molecule has 3 rings (SSSR count). The number of aromatic nitrogens is 2. The lowest BCUT2D eigenvalue weighted by Crippen LogP contribution is -2.28. The van der Waals surface area contributed by atoms with Gasteiger partial charge in [-0.3, -0.25) is 9.36 Å². The Kier molecular flexibility index (Phi) is 7.42. The Hall–Kier alpha value is -2.54. The molecule has 33 heavy (non-hydrogen) atoms. The molecule has 0 atom stereocenters. The molecule has 2 N–H and O–H groups in total. The van der Waals surface area contributed by atoms with Crippen LogP contribution in [0.4, 0.5) is 32.0 Å². The van der Waals surface area contributed by atoms with Gasteiger partial charge in [-0.25, -0.2) is 4.79 Å². The number of benzene rings is 1. The second-order valence-electron chi connectivity index (χ2n) is 7.34. The number of thioether (sulfide) groups is 1. The molecule has 6 nitrogen and oxygen atoms in total. The number of alkyl halides is 6. The van der Waals surface area contributed by atoms with E-state index in [9.17, 15) is 35.9 Å². The molecule has 1 amide bonds. The molecule has 180 valence electrons. The summed E-state index contributed by atoms with van der Waals surface area (Å²) in [6.07, 6.45) is -7.67. The lowest BCUT2D eigenvalue weighted by molar-refractivity contribution is -0.143. The lowest BCUT2D eigenvalue weighted by atomic mass is 10.1. The summed E-state index contributed by atoms with van der Waals surface area (Å²) in [6, 6.07) is 0.829. The zero-order valence-corrected chi connectivity index (χ0v) is 17.8. The van der Waals surface area contributed by atoms with Gasteiger partial charge in [0.05, 0.1) is 16.9 Å². The Morgan fingerprint density at radius 1 is 1.09 bits per heavy atom. The number of aliphatic hydroxyl groups is 1. The standard InChI is InChI=1S/C20H19F6N3O3S/c21-19(22,23)11-7-12(20(24,25)26)9-13(8-11)27-16(31)10-33-17-14-3-1-4-15(14)29(5-2-6-30)18(32)28-17/h7-9,30H,1-6,10H2,(H,27,31). The topological polar surface area (TPSA) is 84.2 Å². The van der Waals surface area contributed by atoms with Gasteiger partial charge in [-0.05, 0) is 43.9 Å². The van der Waals surface area contributed by atoms with Crippen molar-refractivity contribution in [2.24, 2.45) is 0 Å². The van der Waals surface area contributed by atoms with Gasteiger partial charge in [-0.2, -0.15) is 31.3 Å². The number of amides is 1. The lowest BCUT2D eigenvalue weighted by Gasteiger charge is -2.15. The molecule has 0 bridgehead atoms. The maximum Gasteiger partial charge on any atom is 0.416 e. The Labute approximate surface area is 188 Å². The Bertz CT molecular complexity index is 1070. The number of carbonyl (C=O) groups is 1. The van der Waals surface area contributed by atoms with Crippen molar-refractivity contribution in [3.8, 4) is 0 Å². The predicted octanol–water partition coefficient (Wildman–Crippen LogP) is 3.88. The van der Waals surface area contributed by atoms with Crippen molar-refractivity contribution in [3.05, 3.63) is 51.1 Å². The molecule has 13 heteroatoms. The highest BCUT2D eigenvalue weighted by atomic mass is 32.2. The van der Waals surface area contributed by atoms with E-state index in [1.165, 1.54) is 4.57 Å². The third-order valence-corrected chi connectivity index (χ3v) is 5.97. The summed E-state index contributed by atoms with van der Waals surface area (Å²) < 4.78 is 79.4. The van der Waals surface area contributed by atoms with Crippen LogP contribution < -0.4 is 11.0 Å². The number of hydrogen-bond donors (Lipinski definition) is 2. The average molecular weight is 495 g/mol. The van der Waals surface area contributed by atoms with Crippen molar-refractivity contribution in [2.75, 3.05) is 17.7 Å². The van der Waals surface area contributed by atoms with Gasteiger partial charge < -0.3 is 10.4 Å². The number of hydrogen-bond acceptors (Lipinski definition) is 5. The number of aliphatic hydroxyl groups excluding tert-OH is 1. The van der Waals surface area contributed by atoms with Gasteiger partial charge in [0.2, 0.25) is 5.91 Å². The highest BCUT2D eigenvalue weighted by Gasteiger charge is 2.37. The average Bonchev–Trinajstić information content (AvgIpc) is 3.20. The molecule has 1 aliphatic carbocycles. The van der Waals surface area contributed by atoms with Crippen LogP contribution in [-0.2, 0) is 36.5 Å². The normalized spacial score (nSPS) is 13.8. The molecule has 0 saturated heterocycles. The van der Waals surface area contributed by atoms with Gasteiger partial charge in [0.25, 0.3) is 0 Å². The van der Waals surface area contributed by atoms with Gasteiger partial charge in [0.1, 0.15) is 5.03 Å². The minimum atomic E-state index is -5.03. The van der Waals surface area contributed by atoms with Crippen LogP contribution in [0.15, 0.2) is 28.0 Å². The summed E-state index contributed by atoms with van der Waals surface area (Å²) in [7, 11) is 0. The largest absolute Gasteiger partial charge is 0.416 e. The van der Waals surface area contributed by atoms with E-state index >= 15 is 0 Å². The first kappa shape index (κ1) is 25.1. The van der Waals surface area contributed by atoms with Gasteiger partial charge in [0, 0.05) is 30.1 Å². The van der Waals surface area contributed by atoms with Crippen LogP contribution in [0.5, 0.6) is 0 Å². The van der Waals surface area contributed by atoms with Crippen molar-refractivity contribution in [1.82, 2.24) is 9.55 Å². The highest BCUT2D eigenvalue weighted by Crippen LogP contribution is 2.37. The van der Waals surface area contributed by atoms with Crippen molar-refractivity contribution < 1.29 is 36.2 Å². The Morgan fingerprint density at radius 3 is 2.30 bits per heavy atom. The minimum Gasteiger partial charge on any atom is -0.396 e. The summed E-state index contributed by atoms with van der Waals surface area (Å²) >= 11 is 0.889. The van der Waals surface area contributed by atoms with Crippen LogP contribution in [0.1, 0.15) is 35.2 Å². The molecule has 1 aromatic carbocycles. The summed E-state index contributed by atoms with van der Waals surface area (Å²) in [5, 5.41) is 11.4. The van der Waals surface area contributed by atoms with E-state index < -0.39 is 40.8 Å². The van der Waals surface area contributed by atoms with Crippen molar-refractivity contribution >= 4 is 23.4 Å². The summed E-state index contributed by atoms with van der Waals surface area (Å²) in [6.45, 7) is 0.205. The van der Waals surface area contributed by atoms with Crippen LogP contribution in [0.25, 0.3) is 0 Å². The minimum absolute atomic E-state index is 0.0244. The smallest absolute Gasteiger partial charge is 0.396 e. The van der Waals surface area contributed by atoms with E-state index in [4.69, 9.17) is 5.11 Å². The number of carbonyl (C=O) groups excluding carboxylic acids is 1. The second kappa shape index (κ2) is 9.75. The first-order chi connectivity index (χ1) is 15.4. The zero-order valence-electron chi connectivity index (χ0n) is 17.0. The van der Waals surface area contributed by atoms with Gasteiger partial charge in [-0.15, -0.1) is 0 Å². The molecule has 1 aliphatic rings. The molecule has 0 spiro atoms. The number of fused-ring (bicyclic) bond motifs is 1. The van der Waals surface area contributed by atoms with Crippen molar-refractivity contribution in [1.29, 1.82) is 0 Å². The first-order valence-electron chi connectivity index (χ1n) is 9.85. The third-order valence-electron chi connectivity index (χ3n) is 4.95. The van der Waals surface area contributed by atoms with Gasteiger partial charge in [0.15, 0.2) is 0 Å². The van der Waals surface area contributed by atoms with E-state index in [2.05, 4.69) is 10.3 Å². The van der Waals surface area contributed by atoms with Crippen LogP contribution in [0.2, 0.25) is 0 Å². The molecule has 1 aromatic heterocycles. The number of nitrogens with one attached hydrogen (secondary N) is 1. The van der Waals surface area contributed by atoms with E-state index in [1.807, 2.05) is 0 Å². The fourth-order valence-electron chi connectivity index (χ4n) is 3.52. The van der Waals surface area contributed by atoms with Crippen LogP contribution in [0, 0.1) is 0 Å². The number of halogens is 6. The van der Waals surface area contributed by atoms with E-state index in [-0.39, 0.29) is 18.4 Å². The monoisotopic (exact) mass is 495 g/mol. The second-order valence-corrected chi connectivity index (χ2v) is 8.30. The van der Waals surface area contributed by atoms with Crippen molar-refractivity contribution in [3.63, 3.8) is 0 Å². The number of anilines is 1. The molecule has 2 aromatic rings. The van der Waals surface area contributed by atoms with Crippen LogP contribution in [-0.4, -0.2) is 32.9 Å². The van der Waals surface area contributed by atoms with Crippen molar-refractivity contribution in [2.45, 2.75) is 49.6 Å². The molecule has 0 radical (unpaired) electrons. The van der Waals surface area contributed by atoms with E-state index in [0.29, 0.717) is 43.0 Å². The third kappa shape index (κ3) is 6.08. The molecular formula is C20H19F6N3O3S. The Balaban J connectivity index is 1.77. The molecule has 0 fully saturated rings. The predicted molar refractivity (Wildman–Crippen MR) is 108 cm³/mol. The summed E-state index contributed by atoms with van der Waals surface area (Å²) in [5.41, 5.74) is -2.71. The van der Waals surface area contributed by atoms with E-state index in [1.54, 1.807) is 0 Å². The number of nitrogens with zero attached hydrogens (tertiary/aromatic N) is 2. The summed E-state index contributed by atoms with van der Waals surface area (Å²) in [5.74, 6) is -1.21. The molecular weight excluding hydrogens is 476 g/mol. The highest BCUT2D eigenvalue weighted by molar-refractivity contribution is 8.00. The fraction of sp³-hybridized carbons (Fsp3) is 0.450. The van der Waals surface area contributed by atoms with E-state index in [0.717, 1.165) is 29.4 Å². The molecule has 0 aliphatic heterocycles. The fourth-order valence-corrected chi connectivity index (χ4v) is 4.40. The maximum absolute atomic E-state index is 13.0. The molecule has 0 saturated carbocycles. The molecule has 1 heterocycles. The van der Waals surface area contributed by atoms with Gasteiger partial charge >= 0.3 is 18.0 Å². The first-order valence-corrected chi connectivity index (χ1v) is 10.8. The summed E-state index contributed by atoms with van der Waals surface area (Å²) in [4.78, 5) is 28.6.